The second-order valence-corrected chi connectivity index (χ2v) is 8.11. The van der Waals surface area contributed by atoms with Crippen molar-refractivity contribution in [2.24, 2.45) is 0 Å². The summed E-state index contributed by atoms with van der Waals surface area (Å²) in [7, 11) is -3.72. The van der Waals surface area contributed by atoms with E-state index < -0.39 is 10.0 Å². The van der Waals surface area contributed by atoms with Crippen LogP contribution in [0.2, 0.25) is 0 Å². The molecule has 1 N–H and O–H groups in total. The van der Waals surface area contributed by atoms with Gasteiger partial charge in [0.2, 0.25) is 15.9 Å². The summed E-state index contributed by atoms with van der Waals surface area (Å²) in [6, 6.07) is 4.97. The molecule has 0 radical (unpaired) electrons. The van der Waals surface area contributed by atoms with E-state index in [1.165, 1.54) is 13.0 Å². The van der Waals surface area contributed by atoms with Crippen molar-refractivity contribution in [1.82, 2.24) is 18.4 Å². The maximum Gasteiger partial charge on any atom is 0.242 e. The van der Waals surface area contributed by atoms with Crippen molar-refractivity contribution in [3.8, 4) is 0 Å². The molecule has 0 aliphatic carbocycles. The Balaban J connectivity index is 1.67. The van der Waals surface area contributed by atoms with Gasteiger partial charge in [-0.25, -0.2) is 13.1 Å². The minimum atomic E-state index is -3.72. The van der Waals surface area contributed by atoms with E-state index in [4.69, 9.17) is 4.74 Å². The van der Waals surface area contributed by atoms with Crippen molar-refractivity contribution in [3.63, 3.8) is 0 Å². The predicted octanol–water partition coefficient (Wildman–Crippen LogP) is 0.997. The lowest BCUT2D eigenvalue weighted by Gasteiger charge is -2.33. The normalized spacial score (nSPS) is 16.2. The van der Waals surface area contributed by atoms with Crippen LogP contribution in [-0.4, -0.2) is 60.3 Å². The monoisotopic (exact) mass is 384 g/mol. The molecule has 8 nitrogen and oxygen atoms in total. The number of benzene rings is 1. The third kappa shape index (κ3) is 4.14. The van der Waals surface area contributed by atoms with Crippen LogP contribution in [0.5, 0.6) is 0 Å². The summed E-state index contributed by atoms with van der Waals surface area (Å²) in [5.74, 6) is -0.0584. The molecule has 0 atom stereocenters. The molecule has 25 heavy (non-hydrogen) atoms. The molecule has 3 rings (SSSR count). The third-order valence-electron chi connectivity index (χ3n) is 4.22. The van der Waals surface area contributed by atoms with E-state index in [1.54, 1.807) is 17.0 Å². The fourth-order valence-electron chi connectivity index (χ4n) is 2.97. The van der Waals surface area contributed by atoms with Gasteiger partial charge in [0.05, 0.1) is 11.7 Å². The van der Waals surface area contributed by atoms with Crippen LogP contribution in [-0.2, 0) is 19.6 Å². The Morgan fingerprint density at radius 1 is 1.36 bits per heavy atom. The van der Waals surface area contributed by atoms with Gasteiger partial charge in [-0.1, -0.05) is 6.07 Å². The molecule has 0 unspecified atom stereocenters. The van der Waals surface area contributed by atoms with Crippen LogP contribution in [0, 0.1) is 0 Å². The number of aromatic nitrogens is 2. The highest BCUT2D eigenvalue weighted by molar-refractivity contribution is 7.89. The molecule has 2 heterocycles. The summed E-state index contributed by atoms with van der Waals surface area (Å²) in [4.78, 5) is 13.7. The lowest BCUT2D eigenvalue weighted by Crippen LogP contribution is -2.46. The molecule has 1 aromatic heterocycles. The average molecular weight is 384 g/mol. The van der Waals surface area contributed by atoms with Crippen LogP contribution in [0.4, 0.5) is 0 Å². The van der Waals surface area contributed by atoms with Crippen LogP contribution in [0.25, 0.3) is 11.0 Å². The maximum atomic E-state index is 12.6. The number of carbonyl (C=O) groups excluding carboxylic acids is 1. The highest BCUT2D eigenvalue weighted by atomic mass is 32.2. The van der Waals surface area contributed by atoms with Crippen molar-refractivity contribution >= 4 is 38.7 Å². The second kappa shape index (κ2) is 7.73. The van der Waals surface area contributed by atoms with Crippen LogP contribution in [0.3, 0.4) is 0 Å². The number of fused-ring (bicyclic) bond motifs is 1. The Kier molecular flexibility index (Phi) is 5.62. The molecule has 136 valence electrons. The van der Waals surface area contributed by atoms with Crippen molar-refractivity contribution in [3.05, 3.63) is 18.2 Å². The Bertz CT molecular complexity index is 846. The first-order chi connectivity index (χ1) is 12.0. The average Bonchev–Trinajstić information content (AvgIpc) is 3.07. The number of amides is 1. The molecular formula is C15H20N4O4S2. The van der Waals surface area contributed by atoms with Gasteiger partial charge in [0.25, 0.3) is 0 Å². The van der Waals surface area contributed by atoms with E-state index in [2.05, 4.69) is 13.5 Å². The fourth-order valence-corrected chi connectivity index (χ4v) is 4.76. The fraction of sp³-hybridized carbons (Fsp3) is 0.533. The van der Waals surface area contributed by atoms with Crippen LogP contribution in [0.15, 0.2) is 23.1 Å². The maximum absolute atomic E-state index is 12.6. The number of rotatable bonds is 6. The largest absolute Gasteiger partial charge is 0.381 e. The van der Waals surface area contributed by atoms with Gasteiger partial charge in [0.15, 0.2) is 0 Å². The standard InChI is InChI=1S/C15H20N4O4S2/c1-11(20)19(12-5-9-23-10-6-12)8-7-16-25(21,22)14-4-2-3-13-15(14)18-24-17-13/h2-4,12,16H,5-10H2,1H3. The molecule has 1 aliphatic heterocycles. The van der Waals surface area contributed by atoms with Crippen molar-refractivity contribution in [1.29, 1.82) is 0 Å². The van der Waals surface area contributed by atoms with Gasteiger partial charge in [-0.3, -0.25) is 4.79 Å². The lowest BCUT2D eigenvalue weighted by atomic mass is 10.1. The Labute approximate surface area is 150 Å². The summed E-state index contributed by atoms with van der Waals surface area (Å²) >= 11 is 0.978. The zero-order valence-electron chi connectivity index (χ0n) is 13.8. The van der Waals surface area contributed by atoms with E-state index in [1.807, 2.05) is 0 Å². The van der Waals surface area contributed by atoms with Crippen molar-refractivity contribution in [2.45, 2.75) is 30.7 Å². The van der Waals surface area contributed by atoms with E-state index in [0.717, 1.165) is 24.6 Å². The number of ether oxygens (including phenoxy) is 1. The van der Waals surface area contributed by atoms with Gasteiger partial charge in [-0.2, -0.15) is 8.75 Å². The minimum Gasteiger partial charge on any atom is -0.381 e. The first kappa shape index (κ1) is 18.2. The van der Waals surface area contributed by atoms with Gasteiger partial charge in [-0.15, -0.1) is 0 Å². The summed E-state index contributed by atoms with van der Waals surface area (Å²) in [6.07, 6.45) is 1.55. The Morgan fingerprint density at radius 3 is 2.84 bits per heavy atom. The SMILES string of the molecule is CC(=O)N(CCNS(=O)(=O)c1cccc2nsnc12)C1CCOCC1. The quantitative estimate of drug-likeness (QED) is 0.797. The molecule has 0 spiro atoms. The zero-order valence-corrected chi connectivity index (χ0v) is 15.5. The van der Waals surface area contributed by atoms with Crippen molar-refractivity contribution < 1.29 is 17.9 Å². The predicted molar refractivity (Wildman–Crippen MR) is 93.8 cm³/mol. The number of sulfonamides is 1. The molecule has 1 amide bonds. The minimum absolute atomic E-state index is 0.0584. The molecule has 0 saturated carbocycles. The topological polar surface area (TPSA) is 101 Å². The first-order valence-electron chi connectivity index (χ1n) is 8.05. The molecular weight excluding hydrogens is 364 g/mol. The molecule has 10 heteroatoms. The van der Waals surface area contributed by atoms with E-state index in [0.29, 0.717) is 30.8 Å². The first-order valence-corrected chi connectivity index (χ1v) is 10.3. The van der Waals surface area contributed by atoms with E-state index in [9.17, 15) is 13.2 Å². The zero-order chi connectivity index (χ0) is 17.9. The Morgan fingerprint density at radius 2 is 2.12 bits per heavy atom. The third-order valence-corrected chi connectivity index (χ3v) is 6.25. The molecule has 2 aromatic rings. The molecule has 1 aliphatic rings. The molecule has 1 aromatic carbocycles. The van der Waals surface area contributed by atoms with Gasteiger partial charge in [0.1, 0.15) is 15.9 Å². The van der Waals surface area contributed by atoms with E-state index >= 15 is 0 Å². The van der Waals surface area contributed by atoms with Crippen molar-refractivity contribution in [2.75, 3.05) is 26.3 Å². The number of nitrogens with zero attached hydrogens (tertiary/aromatic N) is 3. The Hall–Kier alpha value is -1.62. The highest BCUT2D eigenvalue weighted by Gasteiger charge is 2.24. The van der Waals surface area contributed by atoms with Gasteiger partial charge in [-0.05, 0) is 25.0 Å². The number of carbonyl (C=O) groups is 1. The van der Waals surface area contributed by atoms with Crippen LogP contribution < -0.4 is 4.72 Å². The highest BCUT2D eigenvalue weighted by Crippen LogP contribution is 2.21. The summed E-state index contributed by atoms with van der Waals surface area (Å²) < 4.78 is 41.2. The van der Waals surface area contributed by atoms with E-state index in [-0.39, 0.29) is 23.4 Å². The molecule has 1 saturated heterocycles. The van der Waals surface area contributed by atoms with Gasteiger partial charge in [0, 0.05) is 39.3 Å². The number of nitrogens with one attached hydrogen (secondary N) is 1. The number of hydrogen-bond acceptors (Lipinski definition) is 7. The molecule has 0 bridgehead atoms. The molecule has 1 fully saturated rings. The lowest BCUT2D eigenvalue weighted by molar-refractivity contribution is -0.132. The summed E-state index contributed by atoms with van der Waals surface area (Å²) in [6.45, 7) is 3.22. The van der Waals surface area contributed by atoms with Gasteiger partial charge >= 0.3 is 0 Å². The van der Waals surface area contributed by atoms with Crippen LogP contribution in [0.1, 0.15) is 19.8 Å². The smallest absolute Gasteiger partial charge is 0.242 e. The van der Waals surface area contributed by atoms with Gasteiger partial charge < -0.3 is 9.64 Å². The number of hydrogen-bond donors (Lipinski definition) is 1. The summed E-state index contributed by atoms with van der Waals surface area (Å²) in [5, 5.41) is 0. The van der Waals surface area contributed by atoms with Crippen LogP contribution >= 0.6 is 11.7 Å². The second-order valence-electron chi connectivity index (χ2n) is 5.84. The summed E-state index contributed by atoms with van der Waals surface area (Å²) in [5.41, 5.74) is 0.924.